The molecule has 0 saturated carbocycles. The van der Waals surface area contributed by atoms with Gasteiger partial charge in [-0.2, -0.15) is 13.2 Å². The summed E-state index contributed by atoms with van der Waals surface area (Å²) in [7, 11) is 0. The molecule has 0 spiro atoms. The van der Waals surface area contributed by atoms with Gasteiger partial charge in [-0.3, -0.25) is 4.98 Å². The molecule has 0 N–H and O–H groups in total. The van der Waals surface area contributed by atoms with Crippen molar-refractivity contribution < 1.29 is 13.2 Å². The molecule has 0 saturated heterocycles. The third-order valence-corrected chi connectivity index (χ3v) is 3.21. The molecular formula is C12H7F3IN. The van der Waals surface area contributed by atoms with Gasteiger partial charge in [0.1, 0.15) is 0 Å². The highest BCUT2D eigenvalue weighted by Crippen LogP contribution is 2.35. The third kappa shape index (κ3) is 2.77. The summed E-state index contributed by atoms with van der Waals surface area (Å²) in [4.78, 5) is 3.89. The number of pyridine rings is 1. The molecule has 17 heavy (non-hydrogen) atoms. The van der Waals surface area contributed by atoms with E-state index in [-0.39, 0.29) is 3.57 Å². The molecule has 0 atom stereocenters. The fourth-order valence-corrected chi connectivity index (χ4v) is 2.10. The van der Waals surface area contributed by atoms with Crippen LogP contribution in [-0.2, 0) is 6.18 Å². The van der Waals surface area contributed by atoms with Crippen LogP contribution in [0.4, 0.5) is 13.2 Å². The normalized spacial score (nSPS) is 11.5. The summed E-state index contributed by atoms with van der Waals surface area (Å²) >= 11 is 1.69. The molecule has 2 rings (SSSR count). The first kappa shape index (κ1) is 12.3. The number of hydrogen-bond donors (Lipinski definition) is 0. The standard InChI is InChI=1S/C12H7F3IN/c13-12(14,15)10-6-8(3-4-11(10)16)9-2-1-5-17-7-9/h1-7H. The molecule has 1 aromatic heterocycles. The van der Waals surface area contributed by atoms with E-state index in [0.717, 1.165) is 6.07 Å². The first-order valence-electron chi connectivity index (χ1n) is 4.75. The van der Waals surface area contributed by atoms with E-state index in [1.54, 1.807) is 53.2 Å². The molecule has 2 aromatic rings. The van der Waals surface area contributed by atoms with E-state index >= 15 is 0 Å². The van der Waals surface area contributed by atoms with Crippen LogP contribution < -0.4 is 0 Å². The Labute approximate surface area is 110 Å². The van der Waals surface area contributed by atoms with Crippen LogP contribution in [0.5, 0.6) is 0 Å². The molecular weight excluding hydrogens is 342 g/mol. The van der Waals surface area contributed by atoms with Crippen molar-refractivity contribution in [2.75, 3.05) is 0 Å². The summed E-state index contributed by atoms with van der Waals surface area (Å²) in [5.74, 6) is 0. The smallest absolute Gasteiger partial charge is 0.264 e. The zero-order valence-corrected chi connectivity index (χ0v) is 10.7. The van der Waals surface area contributed by atoms with E-state index in [0.29, 0.717) is 11.1 Å². The van der Waals surface area contributed by atoms with Crippen LogP contribution in [0, 0.1) is 3.57 Å². The number of hydrogen-bond acceptors (Lipinski definition) is 1. The lowest BCUT2D eigenvalue weighted by Gasteiger charge is -2.11. The van der Waals surface area contributed by atoms with Crippen molar-refractivity contribution in [1.29, 1.82) is 0 Å². The Morgan fingerprint density at radius 2 is 1.82 bits per heavy atom. The zero-order valence-electron chi connectivity index (χ0n) is 8.50. The van der Waals surface area contributed by atoms with Crippen LogP contribution in [-0.4, -0.2) is 4.98 Å². The average molecular weight is 349 g/mol. The van der Waals surface area contributed by atoms with Gasteiger partial charge in [0.25, 0.3) is 0 Å². The van der Waals surface area contributed by atoms with Gasteiger partial charge in [-0.1, -0.05) is 12.1 Å². The van der Waals surface area contributed by atoms with Crippen LogP contribution in [0.25, 0.3) is 11.1 Å². The topological polar surface area (TPSA) is 12.9 Å². The van der Waals surface area contributed by atoms with Crippen LogP contribution in [0.1, 0.15) is 5.56 Å². The molecule has 0 bridgehead atoms. The molecule has 0 aliphatic heterocycles. The Kier molecular flexibility index (Phi) is 3.37. The largest absolute Gasteiger partial charge is 0.417 e. The lowest BCUT2D eigenvalue weighted by molar-refractivity contribution is -0.138. The summed E-state index contributed by atoms with van der Waals surface area (Å²) in [6.07, 6.45) is -1.20. The molecule has 5 heteroatoms. The third-order valence-electron chi connectivity index (χ3n) is 2.27. The highest BCUT2D eigenvalue weighted by atomic mass is 127. The molecule has 0 fully saturated rings. The molecule has 0 aliphatic carbocycles. The number of benzene rings is 1. The first-order valence-corrected chi connectivity index (χ1v) is 5.83. The van der Waals surface area contributed by atoms with E-state index < -0.39 is 11.7 Å². The van der Waals surface area contributed by atoms with Crippen molar-refractivity contribution in [1.82, 2.24) is 4.98 Å². The van der Waals surface area contributed by atoms with Gasteiger partial charge in [-0.25, -0.2) is 0 Å². The van der Waals surface area contributed by atoms with Crippen molar-refractivity contribution in [3.05, 3.63) is 51.9 Å². The van der Waals surface area contributed by atoms with Crippen molar-refractivity contribution >= 4 is 22.6 Å². The summed E-state index contributed by atoms with van der Waals surface area (Å²) < 4.78 is 38.4. The number of aromatic nitrogens is 1. The number of rotatable bonds is 1. The quantitative estimate of drug-likeness (QED) is 0.697. The number of nitrogens with zero attached hydrogens (tertiary/aromatic N) is 1. The minimum atomic E-state index is -4.32. The molecule has 1 heterocycles. The molecule has 1 nitrogen and oxygen atoms in total. The van der Waals surface area contributed by atoms with Crippen molar-refractivity contribution in [3.63, 3.8) is 0 Å². The van der Waals surface area contributed by atoms with Crippen molar-refractivity contribution in [2.45, 2.75) is 6.18 Å². The monoisotopic (exact) mass is 349 g/mol. The zero-order chi connectivity index (χ0) is 12.5. The predicted molar refractivity (Wildman–Crippen MR) is 67.4 cm³/mol. The van der Waals surface area contributed by atoms with Crippen LogP contribution >= 0.6 is 22.6 Å². The molecule has 1 aromatic carbocycles. The number of halogens is 4. The predicted octanol–water partition coefficient (Wildman–Crippen LogP) is 4.37. The van der Waals surface area contributed by atoms with Crippen molar-refractivity contribution in [2.24, 2.45) is 0 Å². The lowest BCUT2D eigenvalue weighted by Crippen LogP contribution is -2.07. The maximum Gasteiger partial charge on any atom is 0.417 e. The second kappa shape index (κ2) is 4.64. The summed E-state index contributed by atoms with van der Waals surface area (Å²) in [6.45, 7) is 0. The van der Waals surface area contributed by atoms with Gasteiger partial charge in [-0.15, -0.1) is 0 Å². The van der Waals surface area contributed by atoms with Crippen LogP contribution in [0.15, 0.2) is 42.7 Å². The highest BCUT2D eigenvalue weighted by Gasteiger charge is 2.33. The van der Waals surface area contributed by atoms with Gasteiger partial charge in [0, 0.05) is 21.5 Å². The minimum Gasteiger partial charge on any atom is -0.264 e. The van der Waals surface area contributed by atoms with Gasteiger partial charge in [0.2, 0.25) is 0 Å². The van der Waals surface area contributed by atoms with Gasteiger partial charge < -0.3 is 0 Å². The fraction of sp³-hybridized carbons (Fsp3) is 0.0833. The Bertz CT molecular complexity index is 523. The van der Waals surface area contributed by atoms with Crippen molar-refractivity contribution in [3.8, 4) is 11.1 Å². The number of alkyl halides is 3. The second-order valence-electron chi connectivity index (χ2n) is 3.43. The Morgan fingerprint density at radius 1 is 1.06 bits per heavy atom. The van der Waals surface area contributed by atoms with E-state index in [9.17, 15) is 13.2 Å². The Balaban J connectivity index is 2.53. The van der Waals surface area contributed by atoms with E-state index in [4.69, 9.17) is 0 Å². The highest BCUT2D eigenvalue weighted by molar-refractivity contribution is 14.1. The van der Waals surface area contributed by atoms with Crippen LogP contribution in [0.2, 0.25) is 0 Å². The molecule has 0 radical (unpaired) electrons. The lowest BCUT2D eigenvalue weighted by atomic mass is 10.0. The first-order chi connectivity index (χ1) is 7.98. The summed E-state index contributed by atoms with van der Waals surface area (Å²) in [6, 6.07) is 7.70. The molecule has 0 amide bonds. The molecule has 0 aliphatic rings. The summed E-state index contributed by atoms with van der Waals surface area (Å²) in [5.41, 5.74) is 0.583. The van der Waals surface area contributed by atoms with Gasteiger partial charge >= 0.3 is 6.18 Å². The van der Waals surface area contributed by atoms with Gasteiger partial charge in [-0.05, 0) is 46.4 Å². The maximum absolute atomic E-state index is 12.7. The van der Waals surface area contributed by atoms with E-state index in [1.165, 1.54) is 6.07 Å². The summed E-state index contributed by atoms with van der Waals surface area (Å²) in [5, 5.41) is 0. The van der Waals surface area contributed by atoms with Crippen LogP contribution in [0.3, 0.4) is 0 Å². The SMILES string of the molecule is FC(F)(F)c1cc(-c2cccnc2)ccc1I. The maximum atomic E-state index is 12.7. The second-order valence-corrected chi connectivity index (χ2v) is 4.60. The fourth-order valence-electron chi connectivity index (χ4n) is 1.46. The van der Waals surface area contributed by atoms with Gasteiger partial charge in [0.05, 0.1) is 5.56 Å². The van der Waals surface area contributed by atoms with E-state index in [2.05, 4.69) is 4.98 Å². The molecule has 88 valence electrons. The Morgan fingerprint density at radius 3 is 2.41 bits per heavy atom. The average Bonchev–Trinajstić information content (AvgIpc) is 2.29. The Hall–Kier alpha value is -1.11. The molecule has 0 unspecified atom stereocenters. The minimum absolute atomic E-state index is 0.197. The van der Waals surface area contributed by atoms with Gasteiger partial charge in [0.15, 0.2) is 0 Å². The van der Waals surface area contributed by atoms with E-state index in [1.807, 2.05) is 0 Å².